The van der Waals surface area contributed by atoms with Crippen LogP contribution in [0.5, 0.6) is 0 Å². The molecule has 1 aromatic carbocycles. The number of aromatic nitrogens is 2. The van der Waals surface area contributed by atoms with Crippen molar-refractivity contribution in [3.63, 3.8) is 0 Å². The lowest BCUT2D eigenvalue weighted by Crippen LogP contribution is -2.27. The summed E-state index contributed by atoms with van der Waals surface area (Å²) in [6, 6.07) is 5.04. The van der Waals surface area contributed by atoms with E-state index in [1.165, 1.54) is 24.1 Å². The first-order valence-electron chi connectivity index (χ1n) is 5.35. The zero-order valence-corrected chi connectivity index (χ0v) is 12.8. The lowest BCUT2D eigenvalue weighted by molar-refractivity contribution is 0.594. The minimum atomic E-state index is -3.65. The fourth-order valence-corrected chi connectivity index (χ4v) is 3.22. The highest BCUT2D eigenvalue weighted by Gasteiger charge is 2.24. The summed E-state index contributed by atoms with van der Waals surface area (Å²) in [5.74, 6) is 0. The highest BCUT2D eigenvalue weighted by molar-refractivity contribution is 9.10. The molecule has 8 heteroatoms. The number of nitrogens with zero attached hydrogens (tertiary/aromatic N) is 3. The third kappa shape index (κ3) is 2.59. The molecule has 0 aliphatic heterocycles. The van der Waals surface area contributed by atoms with Crippen LogP contribution in [0.25, 0.3) is 0 Å². The molecule has 0 fully saturated rings. The lowest BCUT2D eigenvalue weighted by atomic mass is 10.3. The van der Waals surface area contributed by atoms with E-state index in [1.807, 2.05) is 0 Å². The van der Waals surface area contributed by atoms with Gasteiger partial charge in [0.2, 0.25) is 0 Å². The lowest BCUT2D eigenvalue weighted by Gasteiger charge is -2.20. The standard InChI is InChI=1S/C11H13BrN4O2S/c1-15-7-9(6-14-15)19(17,18)16(2)11-4-3-8(12)5-10(11)13/h3-7H,13H2,1-2H3. The van der Waals surface area contributed by atoms with E-state index in [4.69, 9.17) is 5.73 Å². The number of halogens is 1. The SMILES string of the molecule is CN(c1ccc(Br)cc1N)S(=O)(=O)c1cnn(C)c1. The van der Waals surface area contributed by atoms with Gasteiger partial charge in [0.15, 0.2) is 0 Å². The number of anilines is 2. The van der Waals surface area contributed by atoms with Crippen LogP contribution >= 0.6 is 15.9 Å². The number of nitrogen functional groups attached to an aromatic ring is 1. The van der Waals surface area contributed by atoms with Crippen molar-refractivity contribution in [1.29, 1.82) is 0 Å². The minimum absolute atomic E-state index is 0.125. The first-order valence-corrected chi connectivity index (χ1v) is 7.58. The van der Waals surface area contributed by atoms with Crippen molar-refractivity contribution in [1.82, 2.24) is 9.78 Å². The van der Waals surface area contributed by atoms with Crippen molar-refractivity contribution in [3.05, 3.63) is 35.1 Å². The average Bonchev–Trinajstić information content (AvgIpc) is 2.76. The Bertz CT molecular complexity index is 711. The second-order valence-corrected chi connectivity index (χ2v) is 6.91. The summed E-state index contributed by atoms with van der Waals surface area (Å²) in [6.07, 6.45) is 2.75. The first-order chi connectivity index (χ1) is 8.82. The summed E-state index contributed by atoms with van der Waals surface area (Å²) in [4.78, 5) is 0.125. The molecular formula is C11H13BrN4O2S. The molecular weight excluding hydrogens is 332 g/mol. The van der Waals surface area contributed by atoms with Gasteiger partial charge in [-0.1, -0.05) is 15.9 Å². The van der Waals surface area contributed by atoms with Gasteiger partial charge in [0.05, 0.1) is 17.6 Å². The van der Waals surface area contributed by atoms with E-state index in [-0.39, 0.29) is 4.90 Å². The van der Waals surface area contributed by atoms with Crippen molar-refractivity contribution in [2.75, 3.05) is 17.1 Å². The third-order valence-electron chi connectivity index (χ3n) is 2.67. The Kier molecular flexibility index (Phi) is 3.55. The third-order valence-corrected chi connectivity index (χ3v) is 4.89. The molecule has 1 aromatic heterocycles. The van der Waals surface area contributed by atoms with Crippen LogP contribution in [-0.4, -0.2) is 25.2 Å². The zero-order valence-electron chi connectivity index (χ0n) is 10.4. The molecule has 0 radical (unpaired) electrons. The molecule has 0 atom stereocenters. The van der Waals surface area contributed by atoms with Crippen LogP contribution in [0.3, 0.4) is 0 Å². The molecule has 0 bridgehead atoms. The Morgan fingerprint density at radius 3 is 2.63 bits per heavy atom. The van der Waals surface area contributed by atoms with E-state index in [9.17, 15) is 8.42 Å². The second-order valence-electron chi connectivity index (χ2n) is 4.03. The van der Waals surface area contributed by atoms with E-state index < -0.39 is 10.0 Å². The molecule has 6 nitrogen and oxygen atoms in total. The maximum atomic E-state index is 12.4. The van der Waals surface area contributed by atoms with E-state index >= 15 is 0 Å². The zero-order chi connectivity index (χ0) is 14.2. The summed E-state index contributed by atoms with van der Waals surface area (Å²) in [6.45, 7) is 0. The van der Waals surface area contributed by atoms with Gasteiger partial charge in [-0.05, 0) is 18.2 Å². The predicted octanol–water partition coefficient (Wildman–Crippen LogP) is 1.59. The van der Waals surface area contributed by atoms with Crippen LogP contribution < -0.4 is 10.0 Å². The summed E-state index contributed by atoms with van der Waals surface area (Å²) < 4.78 is 28.2. The Balaban J connectivity index is 2.46. The Morgan fingerprint density at radius 1 is 1.42 bits per heavy atom. The predicted molar refractivity (Wildman–Crippen MR) is 77.4 cm³/mol. The van der Waals surface area contributed by atoms with Gasteiger partial charge < -0.3 is 5.73 Å². The molecule has 0 spiro atoms. The quantitative estimate of drug-likeness (QED) is 0.857. The number of benzene rings is 1. The van der Waals surface area contributed by atoms with Crippen molar-refractivity contribution >= 4 is 37.3 Å². The van der Waals surface area contributed by atoms with Crippen LogP contribution in [0.2, 0.25) is 0 Å². The van der Waals surface area contributed by atoms with E-state index in [0.717, 1.165) is 8.78 Å². The largest absolute Gasteiger partial charge is 0.397 e. The van der Waals surface area contributed by atoms with Gasteiger partial charge in [-0.25, -0.2) is 8.42 Å². The first kappa shape index (κ1) is 13.9. The summed E-state index contributed by atoms with van der Waals surface area (Å²) in [5, 5.41) is 3.87. The smallest absolute Gasteiger partial charge is 0.267 e. The Labute approximate surface area is 120 Å². The molecule has 0 saturated heterocycles. The van der Waals surface area contributed by atoms with Crippen molar-refractivity contribution in [2.24, 2.45) is 7.05 Å². The van der Waals surface area contributed by atoms with E-state index in [0.29, 0.717) is 11.4 Å². The number of nitrogens with two attached hydrogens (primary N) is 1. The monoisotopic (exact) mass is 344 g/mol. The van der Waals surface area contributed by atoms with Gasteiger partial charge >= 0.3 is 0 Å². The number of rotatable bonds is 3. The molecule has 19 heavy (non-hydrogen) atoms. The van der Waals surface area contributed by atoms with Crippen molar-refractivity contribution in [2.45, 2.75) is 4.90 Å². The van der Waals surface area contributed by atoms with Gasteiger partial charge in [-0.15, -0.1) is 0 Å². The van der Waals surface area contributed by atoms with Crippen LogP contribution in [0.1, 0.15) is 0 Å². The number of aryl methyl sites for hydroxylation is 1. The highest BCUT2D eigenvalue weighted by Crippen LogP contribution is 2.29. The molecule has 0 unspecified atom stereocenters. The molecule has 0 saturated carbocycles. The maximum Gasteiger partial charge on any atom is 0.267 e. The van der Waals surface area contributed by atoms with Crippen LogP contribution in [0.15, 0.2) is 40.0 Å². The van der Waals surface area contributed by atoms with Gasteiger partial charge in [0.25, 0.3) is 10.0 Å². The van der Waals surface area contributed by atoms with Crippen molar-refractivity contribution in [3.8, 4) is 0 Å². The average molecular weight is 345 g/mol. The number of hydrogen-bond donors (Lipinski definition) is 1. The normalized spacial score (nSPS) is 11.5. The molecule has 0 aliphatic rings. The summed E-state index contributed by atoms with van der Waals surface area (Å²) in [7, 11) is -0.532. The minimum Gasteiger partial charge on any atom is -0.397 e. The van der Waals surface area contributed by atoms with Gasteiger partial charge in [-0.2, -0.15) is 5.10 Å². The second kappa shape index (κ2) is 4.86. The maximum absolute atomic E-state index is 12.4. The number of hydrogen-bond acceptors (Lipinski definition) is 4. The van der Waals surface area contributed by atoms with Gasteiger partial charge in [0, 0.05) is 24.8 Å². The van der Waals surface area contributed by atoms with Crippen LogP contribution in [0.4, 0.5) is 11.4 Å². The molecule has 2 N–H and O–H groups in total. The molecule has 1 heterocycles. The summed E-state index contributed by atoms with van der Waals surface area (Å²) >= 11 is 3.28. The fraction of sp³-hybridized carbons (Fsp3) is 0.182. The topological polar surface area (TPSA) is 81.2 Å². The van der Waals surface area contributed by atoms with Crippen LogP contribution in [-0.2, 0) is 17.1 Å². The van der Waals surface area contributed by atoms with Gasteiger partial charge in [0.1, 0.15) is 4.90 Å². The molecule has 2 rings (SSSR count). The Morgan fingerprint density at radius 2 is 2.11 bits per heavy atom. The Hall–Kier alpha value is -1.54. The molecule has 0 amide bonds. The fourth-order valence-electron chi connectivity index (χ4n) is 1.63. The van der Waals surface area contributed by atoms with E-state index in [1.54, 1.807) is 25.2 Å². The molecule has 2 aromatic rings. The molecule has 102 valence electrons. The van der Waals surface area contributed by atoms with Crippen molar-refractivity contribution < 1.29 is 8.42 Å². The van der Waals surface area contributed by atoms with Crippen LogP contribution in [0, 0.1) is 0 Å². The summed E-state index contributed by atoms with van der Waals surface area (Å²) in [5.41, 5.74) is 6.65. The highest BCUT2D eigenvalue weighted by atomic mass is 79.9. The van der Waals surface area contributed by atoms with E-state index in [2.05, 4.69) is 21.0 Å². The molecule has 0 aliphatic carbocycles. The van der Waals surface area contributed by atoms with Gasteiger partial charge in [-0.3, -0.25) is 8.99 Å². The number of sulfonamides is 1.